The summed E-state index contributed by atoms with van der Waals surface area (Å²) in [6, 6.07) is 0. The van der Waals surface area contributed by atoms with Crippen LogP contribution in [0.1, 0.15) is 26.7 Å². The minimum atomic E-state index is 0.0104. The van der Waals surface area contributed by atoms with Gasteiger partial charge >= 0.3 is 0 Å². The number of allylic oxidation sites excluding steroid dienone is 2. The van der Waals surface area contributed by atoms with Crippen molar-refractivity contribution in [2.75, 3.05) is 11.6 Å². The van der Waals surface area contributed by atoms with E-state index < -0.39 is 0 Å². The van der Waals surface area contributed by atoms with Crippen molar-refractivity contribution in [3.05, 3.63) is 11.8 Å². The van der Waals surface area contributed by atoms with Gasteiger partial charge in [-0.3, -0.25) is 4.79 Å². The number of H-pyrrole nitrogens is 1. The normalized spacial score (nSPS) is 19.0. The molecule has 2 N–H and O–H groups in total. The molecule has 5 nitrogen and oxygen atoms in total. The van der Waals surface area contributed by atoms with Crippen LogP contribution in [-0.4, -0.2) is 27.2 Å². The zero-order valence-corrected chi connectivity index (χ0v) is 11.0. The van der Waals surface area contributed by atoms with Crippen LogP contribution < -0.4 is 5.32 Å². The van der Waals surface area contributed by atoms with E-state index in [2.05, 4.69) is 34.3 Å². The Morgan fingerprint density at radius 1 is 1.47 bits per heavy atom. The second-order valence-electron chi connectivity index (χ2n) is 4.95. The van der Waals surface area contributed by atoms with E-state index in [0.29, 0.717) is 17.5 Å². The van der Waals surface area contributed by atoms with E-state index in [4.69, 9.17) is 0 Å². The standard InChI is InChI=1S/C11H16N4OS/c1-11(2)5-7(4-8(16)6-11)12-9-13-10(17-3)15-14-9/h4H,5-6H2,1-3H3,(H2,12,13,14,15). The lowest BCUT2D eigenvalue weighted by atomic mass is 9.79. The summed E-state index contributed by atoms with van der Waals surface area (Å²) < 4.78 is 0. The number of aromatic nitrogens is 3. The Morgan fingerprint density at radius 2 is 2.24 bits per heavy atom. The van der Waals surface area contributed by atoms with Gasteiger partial charge in [-0.1, -0.05) is 25.6 Å². The molecule has 0 radical (unpaired) electrons. The van der Waals surface area contributed by atoms with Crippen LogP contribution in [0.5, 0.6) is 0 Å². The molecule has 0 aromatic carbocycles. The van der Waals surface area contributed by atoms with Crippen LogP contribution in [0.2, 0.25) is 0 Å². The summed E-state index contributed by atoms with van der Waals surface area (Å²) in [4.78, 5) is 15.8. The zero-order valence-electron chi connectivity index (χ0n) is 10.2. The molecular weight excluding hydrogens is 236 g/mol. The van der Waals surface area contributed by atoms with Gasteiger partial charge in [0.15, 0.2) is 5.78 Å². The second-order valence-corrected chi connectivity index (χ2v) is 5.72. The van der Waals surface area contributed by atoms with Gasteiger partial charge in [-0.25, -0.2) is 5.10 Å². The molecule has 0 saturated heterocycles. The number of aromatic amines is 1. The Kier molecular flexibility index (Phi) is 3.24. The minimum Gasteiger partial charge on any atom is -0.328 e. The monoisotopic (exact) mass is 252 g/mol. The van der Waals surface area contributed by atoms with Crippen molar-refractivity contribution in [1.82, 2.24) is 15.2 Å². The van der Waals surface area contributed by atoms with E-state index in [0.717, 1.165) is 12.1 Å². The summed E-state index contributed by atoms with van der Waals surface area (Å²) in [5.41, 5.74) is 0.909. The Bertz CT molecular complexity index is 464. The van der Waals surface area contributed by atoms with Gasteiger partial charge in [0.05, 0.1) is 0 Å². The van der Waals surface area contributed by atoms with Crippen molar-refractivity contribution < 1.29 is 4.79 Å². The lowest BCUT2D eigenvalue weighted by Crippen LogP contribution is -2.24. The first-order valence-electron chi connectivity index (χ1n) is 5.45. The molecule has 0 spiro atoms. The molecule has 1 aromatic rings. The molecule has 0 fully saturated rings. The summed E-state index contributed by atoms with van der Waals surface area (Å²) in [7, 11) is 0. The highest BCUT2D eigenvalue weighted by atomic mass is 32.2. The van der Waals surface area contributed by atoms with Crippen molar-refractivity contribution in [2.45, 2.75) is 31.8 Å². The fraction of sp³-hybridized carbons (Fsp3) is 0.545. The molecule has 17 heavy (non-hydrogen) atoms. The molecule has 0 unspecified atom stereocenters. The summed E-state index contributed by atoms with van der Waals surface area (Å²) >= 11 is 1.47. The highest BCUT2D eigenvalue weighted by Gasteiger charge is 2.27. The number of nitrogens with zero attached hydrogens (tertiary/aromatic N) is 2. The lowest BCUT2D eigenvalue weighted by Gasteiger charge is -2.28. The molecule has 2 rings (SSSR count). The Hall–Kier alpha value is -1.30. The number of ketones is 1. The number of thioether (sulfide) groups is 1. The fourth-order valence-corrected chi connectivity index (χ4v) is 2.29. The summed E-state index contributed by atoms with van der Waals surface area (Å²) in [6.07, 6.45) is 5.02. The SMILES string of the molecule is CSc1n[nH]c(NC2=CC(=O)CC(C)(C)C2)n1. The maximum Gasteiger partial charge on any atom is 0.223 e. The van der Waals surface area contributed by atoms with Gasteiger partial charge in [0.2, 0.25) is 11.1 Å². The van der Waals surface area contributed by atoms with E-state index >= 15 is 0 Å². The van der Waals surface area contributed by atoms with Crippen LogP contribution >= 0.6 is 11.8 Å². The van der Waals surface area contributed by atoms with Crippen LogP contribution in [0.15, 0.2) is 16.9 Å². The molecule has 1 aliphatic rings. The first kappa shape index (κ1) is 12.2. The summed E-state index contributed by atoms with van der Waals surface area (Å²) in [6.45, 7) is 4.18. The van der Waals surface area contributed by atoms with E-state index in [1.165, 1.54) is 11.8 Å². The van der Waals surface area contributed by atoms with Gasteiger partial charge in [0.25, 0.3) is 0 Å². The summed E-state index contributed by atoms with van der Waals surface area (Å²) in [5.74, 6) is 0.749. The third-order valence-electron chi connectivity index (χ3n) is 2.58. The molecular formula is C11H16N4OS. The van der Waals surface area contributed by atoms with Crippen LogP contribution in [0.4, 0.5) is 5.95 Å². The van der Waals surface area contributed by atoms with E-state index in [9.17, 15) is 4.79 Å². The molecule has 0 aliphatic heterocycles. The average molecular weight is 252 g/mol. The minimum absolute atomic E-state index is 0.0104. The Morgan fingerprint density at radius 3 is 2.82 bits per heavy atom. The highest BCUT2D eigenvalue weighted by molar-refractivity contribution is 7.98. The molecule has 0 amide bonds. The van der Waals surface area contributed by atoms with Gasteiger partial charge in [0.1, 0.15) is 0 Å². The van der Waals surface area contributed by atoms with Crippen LogP contribution in [0.25, 0.3) is 0 Å². The average Bonchev–Trinajstić information content (AvgIpc) is 2.62. The number of carbonyl (C=O) groups is 1. The first-order valence-corrected chi connectivity index (χ1v) is 6.68. The van der Waals surface area contributed by atoms with Gasteiger partial charge in [-0.05, 0) is 18.1 Å². The van der Waals surface area contributed by atoms with Crippen molar-refractivity contribution in [1.29, 1.82) is 0 Å². The van der Waals surface area contributed by atoms with Gasteiger partial charge in [-0.2, -0.15) is 4.98 Å². The van der Waals surface area contributed by atoms with Crippen molar-refractivity contribution in [2.24, 2.45) is 5.41 Å². The van der Waals surface area contributed by atoms with E-state index in [1.54, 1.807) is 6.08 Å². The smallest absolute Gasteiger partial charge is 0.223 e. The second kappa shape index (κ2) is 4.52. The van der Waals surface area contributed by atoms with Crippen LogP contribution in [0, 0.1) is 5.41 Å². The summed E-state index contributed by atoms with van der Waals surface area (Å²) in [5, 5.41) is 10.6. The maximum absolute atomic E-state index is 11.6. The molecule has 0 bridgehead atoms. The number of anilines is 1. The topological polar surface area (TPSA) is 70.7 Å². The Labute approximate surface area is 104 Å². The maximum atomic E-state index is 11.6. The first-order chi connectivity index (χ1) is 7.98. The quantitative estimate of drug-likeness (QED) is 0.807. The van der Waals surface area contributed by atoms with Crippen LogP contribution in [0.3, 0.4) is 0 Å². The molecule has 0 atom stereocenters. The molecule has 1 aromatic heterocycles. The number of hydrogen-bond acceptors (Lipinski definition) is 5. The zero-order chi connectivity index (χ0) is 12.5. The lowest BCUT2D eigenvalue weighted by molar-refractivity contribution is -0.117. The van der Waals surface area contributed by atoms with Gasteiger partial charge in [0, 0.05) is 18.2 Å². The Balaban J connectivity index is 2.10. The predicted molar refractivity (Wildman–Crippen MR) is 67.9 cm³/mol. The largest absolute Gasteiger partial charge is 0.328 e. The van der Waals surface area contributed by atoms with Crippen molar-refractivity contribution in [3.8, 4) is 0 Å². The van der Waals surface area contributed by atoms with Crippen molar-refractivity contribution >= 4 is 23.5 Å². The number of rotatable bonds is 3. The molecule has 1 heterocycles. The molecule has 92 valence electrons. The highest BCUT2D eigenvalue weighted by Crippen LogP contribution is 2.33. The number of nitrogens with one attached hydrogen (secondary N) is 2. The predicted octanol–water partition coefficient (Wildman–Crippen LogP) is 2.21. The molecule has 1 aliphatic carbocycles. The molecule has 0 saturated carbocycles. The fourth-order valence-electron chi connectivity index (χ4n) is 1.97. The van der Waals surface area contributed by atoms with E-state index in [-0.39, 0.29) is 11.2 Å². The number of hydrogen-bond donors (Lipinski definition) is 2. The van der Waals surface area contributed by atoms with E-state index in [1.807, 2.05) is 6.26 Å². The van der Waals surface area contributed by atoms with Crippen molar-refractivity contribution in [3.63, 3.8) is 0 Å². The third-order valence-corrected chi connectivity index (χ3v) is 3.13. The number of carbonyl (C=O) groups excluding carboxylic acids is 1. The van der Waals surface area contributed by atoms with Crippen LogP contribution in [-0.2, 0) is 4.79 Å². The van der Waals surface area contributed by atoms with Gasteiger partial charge < -0.3 is 5.32 Å². The molecule has 6 heteroatoms. The third kappa shape index (κ3) is 3.09. The van der Waals surface area contributed by atoms with Gasteiger partial charge in [-0.15, -0.1) is 5.10 Å².